The Morgan fingerprint density at radius 1 is 1.32 bits per heavy atom. The minimum absolute atomic E-state index is 0.0617. The molecule has 0 saturated carbocycles. The minimum atomic E-state index is -1.50. The first-order chi connectivity index (χ1) is 14.6. The Bertz CT molecular complexity index is 949. The van der Waals surface area contributed by atoms with Crippen LogP contribution in [0.4, 0.5) is 5.69 Å². The maximum Gasteiger partial charge on any atom is 0.361 e. The van der Waals surface area contributed by atoms with Crippen LogP contribution in [-0.4, -0.2) is 49.5 Å². The third kappa shape index (κ3) is 4.55. The summed E-state index contributed by atoms with van der Waals surface area (Å²) in [5, 5.41) is 10.2. The van der Waals surface area contributed by atoms with Gasteiger partial charge >= 0.3 is 11.9 Å². The monoisotopic (exact) mass is 468 g/mol. The van der Waals surface area contributed by atoms with Crippen LogP contribution >= 0.6 is 11.8 Å². The molecular formula is C19H20N2O8S2. The number of carbonyl (C=O) groups is 3. The highest BCUT2D eigenvalue weighted by Crippen LogP contribution is 2.52. The van der Waals surface area contributed by atoms with E-state index in [-0.39, 0.29) is 28.0 Å². The molecule has 0 radical (unpaired) electrons. The Hall–Kier alpha value is -2.57. The Labute approximate surface area is 185 Å². The van der Waals surface area contributed by atoms with Crippen LogP contribution in [0.1, 0.15) is 26.3 Å². The van der Waals surface area contributed by atoms with E-state index in [0.717, 1.165) is 11.8 Å². The van der Waals surface area contributed by atoms with Crippen molar-refractivity contribution in [2.24, 2.45) is 5.92 Å². The van der Waals surface area contributed by atoms with Gasteiger partial charge in [0.15, 0.2) is 5.70 Å². The van der Waals surface area contributed by atoms with E-state index in [2.05, 4.69) is 0 Å². The fourth-order valence-electron chi connectivity index (χ4n) is 3.29. The first kappa shape index (κ1) is 23.1. The highest BCUT2D eigenvalue weighted by atomic mass is 32.3. The molecule has 0 bridgehead atoms. The summed E-state index contributed by atoms with van der Waals surface area (Å²) < 4.78 is 23.2. The van der Waals surface area contributed by atoms with E-state index < -0.39 is 51.3 Å². The molecule has 12 heteroatoms. The van der Waals surface area contributed by atoms with Crippen LogP contribution in [0, 0.1) is 16.0 Å². The molecule has 0 aliphatic carbocycles. The number of nitrogens with zero attached hydrogens (tertiary/aromatic N) is 2. The summed E-state index contributed by atoms with van der Waals surface area (Å²) in [6, 6.07) is 5.51. The van der Waals surface area contributed by atoms with Gasteiger partial charge in [0.1, 0.15) is 29.8 Å². The molecule has 2 aliphatic rings. The van der Waals surface area contributed by atoms with Gasteiger partial charge in [-0.1, -0.05) is 0 Å². The van der Waals surface area contributed by atoms with E-state index in [1.165, 1.54) is 36.1 Å². The average molecular weight is 469 g/mol. The van der Waals surface area contributed by atoms with E-state index in [4.69, 9.17) is 9.47 Å². The lowest BCUT2D eigenvalue weighted by molar-refractivity contribution is -0.384. The third-order valence-electron chi connectivity index (χ3n) is 4.78. The third-order valence-corrected chi connectivity index (χ3v) is 7.91. The largest absolute Gasteiger partial charge is 0.611 e. The maximum absolute atomic E-state index is 12.8. The van der Waals surface area contributed by atoms with E-state index >= 15 is 0 Å². The van der Waals surface area contributed by atoms with Crippen molar-refractivity contribution in [2.75, 3.05) is 5.75 Å². The number of fused-ring (bicyclic) bond motifs is 1. The molecule has 0 N–H and O–H groups in total. The van der Waals surface area contributed by atoms with Gasteiger partial charge in [-0.2, -0.15) is 0 Å². The maximum atomic E-state index is 12.8. The smallest absolute Gasteiger partial charge is 0.361 e. The lowest BCUT2D eigenvalue weighted by atomic mass is 9.92. The van der Waals surface area contributed by atoms with Gasteiger partial charge < -0.3 is 14.0 Å². The first-order valence-electron chi connectivity index (χ1n) is 9.35. The van der Waals surface area contributed by atoms with E-state index in [0.29, 0.717) is 5.56 Å². The number of rotatable bonds is 8. The topological polar surface area (TPSA) is 139 Å². The van der Waals surface area contributed by atoms with Crippen molar-refractivity contribution in [1.29, 1.82) is 0 Å². The number of carbonyl (C=O) groups excluding carboxylic acids is 3. The van der Waals surface area contributed by atoms with Crippen molar-refractivity contribution in [3.8, 4) is 0 Å². The highest BCUT2D eigenvalue weighted by molar-refractivity contribution is 8.19. The van der Waals surface area contributed by atoms with Gasteiger partial charge in [-0.15, -0.1) is 0 Å². The van der Waals surface area contributed by atoms with Crippen LogP contribution in [0.3, 0.4) is 0 Å². The number of nitro benzene ring substituents is 1. The Kier molecular flexibility index (Phi) is 6.92. The molecule has 1 fully saturated rings. The molecule has 2 aliphatic heterocycles. The zero-order valence-corrected chi connectivity index (χ0v) is 18.6. The number of hydrogen-bond acceptors (Lipinski definition) is 9. The first-order valence-corrected chi connectivity index (χ1v) is 11.6. The van der Waals surface area contributed by atoms with Crippen LogP contribution in [0.25, 0.3) is 0 Å². The van der Waals surface area contributed by atoms with Gasteiger partial charge in [0.25, 0.3) is 5.69 Å². The van der Waals surface area contributed by atoms with Crippen LogP contribution in [0.2, 0.25) is 0 Å². The number of β-lactam (4-membered cyclic amide) rings is 1. The molecule has 1 amide bonds. The Morgan fingerprint density at radius 3 is 2.52 bits per heavy atom. The zero-order valence-electron chi connectivity index (χ0n) is 16.9. The van der Waals surface area contributed by atoms with Crippen molar-refractivity contribution < 1.29 is 33.3 Å². The van der Waals surface area contributed by atoms with Crippen LogP contribution in [-0.2, 0) is 41.6 Å². The molecule has 1 aromatic rings. The summed E-state index contributed by atoms with van der Waals surface area (Å²) in [4.78, 5) is 48.2. The number of esters is 2. The molecule has 1 saturated heterocycles. The summed E-state index contributed by atoms with van der Waals surface area (Å²) >= 11 is -0.358. The molecule has 166 valence electrons. The molecule has 0 spiro atoms. The number of hydrogen-bond donors (Lipinski definition) is 0. The lowest BCUT2D eigenvalue weighted by Crippen LogP contribution is -2.61. The minimum Gasteiger partial charge on any atom is -0.611 e. The zero-order chi connectivity index (χ0) is 22.9. The Morgan fingerprint density at radius 2 is 1.97 bits per heavy atom. The summed E-state index contributed by atoms with van der Waals surface area (Å²) in [7, 11) is 0. The molecule has 1 aromatic carbocycles. The number of ether oxygens (including phenoxy) is 2. The molecule has 3 unspecified atom stereocenters. The summed E-state index contributed by atoms with van der Waals surface area (Å²) in [6.07, 6.45) is -0.689. The molecule has 2 heterocycles. The average Bonchev–Trinajstić information content (AvgIpc) is 3.06. The van der Waals surface area contributed by atoms with Crippen molar-refractivity contribution >= 4 is 46.5 Å². The predicted molar refractivity (Wildman–Crippen MR) is 112 cm³/mol. The van der Waals surface area contributed by atoms with Crippen molar-refractivity contribution in [3.05, 3.63) is 49.9 Å². The second-order valence-corrected chi connectivity index (χ2v) is 9.89. The predicted octanol–water partition coefficient (Wildman–Crippen LogP) is 2.06. The second kappa shape index (κ2) is 9.28. The quantitative estimate of drug-likeness (QED) is 0.184. The van der Waals surface area contributed by atoms with Gasteiger partial charge in [-0.05, 0) is 54.5 Å². The fourth-order valence-corrected chi connectivity index (χ4v) is 6.34. The van der Waals surface area contributed by atoms with Crippen molar-refractivity contribution in [1.82, 2.24) is 4.90 Å². The summed E-state index contributed by atoms with van der Waals surface area (Å²) in [5.74, 6) is -2.14. The van der Waals surface area contributed by atoms with Crippen LogP contribution in [0.5, 0.6) is 0 Å². The fraction of sp³-hybridized carbons (Fsp3) is 0.421. The van der Waals surface area contributed by atoms with E-state index in [9.17, 15) is 29.1 Å². The summed E-state index contributed by atoms with van der Waals surface area (Å²) in [5.41, 5.74) is 0.372. The SMILES string of the molecule is CC[S+]([O-])C1=C(C(=O)OCc2ccc([N+](=O)[O-])cc2)N2C(=O)C(C(C)OC(C)=O)[C@H]2S1. The highest BCUT2D eigenvalue weighted by Gasteiger charge is 2.61. The van der Waals surface area contributed by atoms with Crippen LogP contribution < -0.4 is 0 Å². The molecule has 10 nitrogen and oxygen atoms in total. The second-order valence-electron chi connectivity index (χ2n) is 6.83. The van der Waals surface area contributed by atoms with Gasteiger partial charge in [-0.25, -0.2) is 4.79 Å². The number of non-ortho nitro benzene ring substituents is 1. The summed E-state index contributed by atoms with van der Waals surface area (Å²) in [6.45, 7) is 4.37. The van der Waals surface area contributed by atoms with Gasteiger partial charge in [0.05, 0.1) is 4.92 Å². The van der Waals surface area contributed by atoms with Crippen molar-refractivity contribution in [2.45, 2.75) is 38.9 Å². The molecule has 3 rings (SSSR count). The van der Waals surface area contributed by atoms with Gasteiger partial charge in [0.2, 0.25) is 10.1 Å². The van der Waals surface area contributed by atoms with Gasteiger partial charge in [0, 0.05) is 19.1 Å². The Balaban J connectivity index is 1.75. The van der Waals surface area contributed by atoms with Crippen molar-refractivity contribution in [3.63, 3.8) is 0 Å². The lowest BCUT2D eigenvalue weighted by Gasteiger charge is -2.43. The standard InChI is InChI=1S/C19H20N2O8S2/c1-4-31(27)19-15(18(24)28-9-12-5-7-13(8-6-12)21(25)26)20-16(23)14(17(20)30-19)10(2)29-11(3)22/h5-8,10,14,17H,4,9H2,1-3H3/t10?,14?,17-,31?/m1/s1. The molecule has 0 aromatic heterocycles. The molecule has 31 heavy (non-hydrogen) atoms. The van der Waals surface area contributed by atoms with E-state index in [1.54, 1.807) is 13.8 Å². The molecular weight excluding hydrogens is 448 g/mol. The van der Waals surface area contributed by atoms with Gasteiger partial charge in [-0.3, -0.25) is 24.6 Å². The number of amides is 1. The van der Waals surface area contributed by atoms with E-state index in [1.807, 2.05) is 0 Å². The number of thioether (sulfide) groups is 1. The molecule has 4 atom stereocenters. The number of benzene rings is 1. The van der Waals surface area contributed by atoms with Crippen LogP contribution in [0.15, 0.2) is 34.2 Å². The number of nitro groups is 1. The normalized spacial score (nSPS) is 21.8.